The molecule has 13 heavy (non-hydrogen) atoms. The van der Waals surface area contributed by atoms with Gasteiger partial charge >= 0.3 is 0 Å². The first kappa shape index (κ1) is 8.91. The molecule has 0 amide bonds. The summed E-state index contributed by atoms with van der Waals surface area (Å²) < 4.78 is 6.30. The smallest absolute Gasteiger partial charge is 0.165 e. The molecular weight excluding hydrogens is 232 g/mol. The summed E-state index contributed by atoms with van der Waals surface area (Å²) in [4.78, 5) is 11.5. The topological polar surface area (TPSA) is 26.3 Å². The Bertz CT molecular complexity index is 347. The fraction of sp³-hybridized carbons (Fsp3) is 0.300. The summed E-state index contributed by atoms with van der Waals surface area (Å²) in [5, 5.41) is 0. The van der Waals surface area contributed by atoms with Crippen molar-refractivity contribution in [3.63, 3.8) is 0 Å². The molecule has 1 aromatic carbocycles. The van der Waals surface area contributed by atoms with Crippen LogP contribution in [-0.2, 0) is 11.3 Å². The molecule has 0 unspecified atom stereocenters. The van der Waals surface area contributed by atoms with Crippen LogP contribution in [0.1, 0.15) is 22.3 Å². The number of carbonyl (C=O) groups excluding carboxylic acids is 1. The quantitative estimate of drug-likeness (QED) is 0.697. The molecule has 1 aromatic rings. The third-order valence-corrected chi connectivity index (χ3v) is 2.59. The molecule has 1 heterocycles. The van der Waals surface area contributed by atoms with E-state index in [9.17, 15) is 4.79 Å². The van der Waals surface area contributed by atoms with Gasteiger partial charge in [0.25, 0.3) is 0 Å². The van der Waals surface area contributed by atoms with Crippen LogP contribution in [0.4, 0.5) is 0 Å². The van der Waals surface area contributed by atoms with Gasteiger partial charge in [-0.25, -0.2) is 0 Å². The number of ketones is 1. The molecule has 0 atom stereocenters. The van der Waals surface area contributed by atoms with E-state index in [1.807, 2.05) is 18.2 Å². The molecule has 1 aliphatic rings. The number of fused-ring (bicyclic) bond motifs is 1. The molecule has 0 radical (unpaired) electrons. The lowest BCUT2D eigenvalue weighted by Crippen LogP contribution is -2.00. The third-order valence-electron chi connectivity index (χ3n) is 2.10. The number of hydrogen-bond acceptors (Lipinski definition) is 2. The molecular formula is C10H9BrO2. The van der Waals surface area contributed by atoms with Crippen molar-refractivity contribution >= 4 is 21.7 Å². The molecule has 0 fully saturated rings. The highest BCUT2D eigenvalue weighted by Gasteiger charge is 2.15. The maximum atomic E-state index is 11.5. The number of benzene rings is 1. The van der Waals surface area contributed by atoms with Crippen LogP contribution in [0.25, 0.3) is 0 Å². The Morgan fingerprint density at radius 1 is 1.38 bits per heavy atom. The predicted molar refractivity (Wildman–Crippen MR) is 52.7 cm³/mol. The van der Waals surface area contributed by atoms with Crippen LogP contribution in [-0.4, -0.2) is 12.4 Å². The van der Waals surface area contributed by atoms with Gasteiger partial charge in [0.15, 0.2) is 5.78 Å². The van der Waals surface area contributed by atoms with Crippen molar-refractivity contribution < 1.29 is 9.53 Å². The van der Waals surface area contributed by atoms with Gasteiger partial charge in [-0.2, -0.15) is 0 Å². The fourth-order valence-electron chi connectivity index (χ4n) is 1.44. The second-order valence-electron chi connectivity index (χ2n) is 3.03. The molecule has 0 saturated carbocycles. The van der Waals surface area contributed by atoms with Gasteiger partial charge in [0.05, 0.1) is 13.2 Å². The number of halogens is 1. The van der Waals surface area contributed by atoms with E-state index < -0.39 is 0 Å². The maximum absolute atomic E-state index is 11.5. The fourth-order valence-corrected chi connectivity index (χ4v) is 1.84. The largest absolute Gasteiger partial charge is 0.376 e. The highest BCUT2D eigenvalue weighted by atomic mass is 79.9. The van der Waals surface area contributed by atoms with Gasteiger partial charge in [0.1, 0.15) is 0 Å². The van der Waals surface area contributed by atoms with Crippen molar-refractivity contribution in [1.82, 2.24) is 0 Å². The molecule has 2 rings (SSSR count). The van der Waals surface area contributed by atoms with Crippen LogP contribution in [0.15, 0.2) is 22.7 Å². The van der Waals surface area contributed by atoms with Crippen LogP contribution in [0.2, 0.25) is 0 Å². The molecule has 0 aliphatic carbocycles. The standard InChI is InChI=1S/C10H9BrO2/c11-8-1-2-9-7(5-8)6-13-4-3-10(9)12/h1-2,5H,3-4,6H2. The SMILES string of the molecule is O=C1CCOCc2cc(Br)ccc21. The van der Waals surface area contributed by atoms with E-state index in [0.29, 0.717) is 19.6 Å². The van der Waals surface area contributed by atoms with Crippen molar-refractivity contribution in [2.45, 2.75) is 13.0 Å². The summed E-state index contributed by atoms with van der Waals surface area (Å²) in [6.45, 7) is 1.08. The summed E-state index contributed by atoms with van der Waals surface area (Å²) in [5.74, 6) is 0.181. The third kappa shape index (κ3) is 1.81. The lowest BCUT2D eigenvalue weighted by molar-refractivity contribution is 0.0899. The van der Waals surface area contributed by atoms with Crippen LogP contribution in [0, 0.1) is 0 Å². The van der Waals surface area contributed by atoms with E-state index in [0.717, 1.165) is 15.6 Å². The number of rotatable bonds is 0. The summed E-state index contributed by atoms with van der Waals surface area (Å²) in [7, 11) is 0. The molecule has 0 bridgehead atoms. The molecule has 0 aromatic heterocycles. The first-order chi connectivity index (χ1) is 6.27. The van der Waals surface area contributed by atoms with E-state index >= 15 is 0 Å². The van der Waals surface area contributed by atoms with E-state index in [1.54, 1.807) is 0 Å². The van der Waals surface area contributed by atoms with Crippen molar-refractivity contribution in [2.75, 3.05) is 6.61 Å². The van der Waals surface area contributed by atoms with Crippen LogP contribution < -0.4 is 0 Å². The Morgan fingerprint density at radius 3 is 3.08 bits per heavy atom. The lowest BCUT2D eigenvalue weighted by atomic mass is 10.0. The zero-order valence-corrected chi connectivity index (χ0v) is 8.63. The van der Waals surface area contributed by atoms with Gasteiger partial charge in [-0.15, -0.1) is 0 Å². The van der Waals surface area contributed by atoms with Crippen molar-refractivity contribution in [3.05, 3.63) is 33.8 Å². The van der Waals surface area contributed by atoms with Gasteiger partial charge in [-0.3, -0.25) is 4.79 Å². The lowest BCUT2D eigenvalue weighted by Gasteiger charge is -2.03. The predicted octanol–water partition coefficient (Wildman–Crippen LogP) is 2.55. The Balaban J connectivity index is 2.48. The number of hydrogen-bond donors (Lipinski definition) is 0. The van der Waals surface area contributed by atoms with E-state index in [-0.39, 0.29) is 5.78 Å². The van der Waals surface area contributed by atoms with Gasteiger partial charge in [0.2, 0.25) is 0 Å². The number of Topliss-reactive ketones (excluding diaryl/α,β-unsaturated/α-hetero) is 1. The zero-order chi connectivity index (χ0) is 9.26. The average Bonchev–Trinajstić information content (AvgIpc) is 2.28. The number of ether oxygens (including phenoxy) is 1. The highest BCUT2D eigenvalue weighted by Crippen LogP contribution is 2.21. The molecule has 2 nitrogen and oxygen atoms in total. The Hall–Kier alpha value is -0.670. The summed E-state index contributed by atoms with van der Waals surface area (Å²) in [6.07, 6.45) is 0.495. The zero-order valence-electron chi connectivity index (χ0n) is 7.05. The number of carbonyl (C=O) groups is 1. The van der Waals surface area contributed by atoms with Crippen molar-refractivity contribution in [1.29, 1.82) is 0 Å². The molecule has 68 valence electrons. The van der Waals surface area contributed by atoms with Gasteiger partial charge in [-0.1, -0.05) is 15.9 Å². The second kappa shape index (κ2) is 3.60. The highest BCUT2D eigenvalue weighted by molar-refractivity contribution is 9.10. The van der Waals surface area contributed by atoms with Crippen molar-refractivity contribution in [3.8, 4) is 0 Å². The average molecular weight is 241 g/mol. The summed E-state index contributed by atoms with van der Waals surface area (Å²) in [5.41, 5.74) is 1.79. The molecule has 0 saturated heterocycles. The van der Waals surface area contributed by atoms with E-state index in [2.05, 4.69) is 15.9 Å². The monoisotopic (exact) mass is 240 g/mol. The first-order valence-electron chi connectivity index (χ1n) is 4.17. The minimum absolute atomic E-state index is 0.181. The van der Waals surface area contributed by atoms with Crippen LogP contribution in [0.3, 0.4) is 0 Å². The second-order valence-corrected chi connectivity index (χ2v) is 3.94. The molecule has 3 heteroatoms. The van der Waals surface area contributed by atoms with Gasteiger partial charge in [-0.05, 0) is 23.8 Å². The first-order valence-corrected chi connectivity index (χ1v) is 4.96. The maximum Gasteiger partial charge on any atom is 0.165 e. The Kier molecular flexibility index (Phi) is 2.47. The van der Waals surface area contributed by atoms with Gasteiger partial charge in [0, 0.05) is 16.5 Å². The minimum atomic E-state index is 0.181. The minimum Gasteiger partial charge on any atom is -0.376 e. The molecule has 0 N–H and O–H groups in total. The van der Waals surface area contributed by atoms with E-state index in [1.165, 1.54) is 0 Å². The molecule has 0 spiro atoms. The molecule has 1 aliphatic heterocycles. The Morgan fingerprint density at radius 2 is 2.23 bits per heavy atom. The summed E-state index contributed by atoms with van der Waals surface area (Å²) in [6, 6.07) is 5.69. The van der Waals surface area contributed by atoms with Gasteiger partial charge < -0.3 is 4.74 Å². The Labute approximate surface area is 85.0 Å². The van der Waals surface area contributed by atoms with Crippen LogP contribution in [0.5, 0.6) is 0 Å². The van der Waals surface area contributed by atoms with Crippen molar-refractivity contribution in [2.24, 2.45) is 0 Å². The summed E-state index contributed by atoms with van der Waals surface area (Å²) >= 11 is 3.37. The normalized spacial score (nSPS) is 16.5. The van der Waals surface area contributed by atoms with Crippen LogP contribution >= 0.6 is 15.9 Å². The van der Waals surface area contributed by atoms with E-state index in [4.69, 9.17) is 4.74 Å².